The normalized spacial score (nSPS) is 18.5. The Balaban J connectivity index is 1.50. The number of aryl methyl sites for hydroxylation is 1. The number of carbonyl (C=O) groups excluding carboxylic acids is 1. The topological polar surface area (TPSA) is 71.4 Å². The summed E-state index contributed by atoms with van der Waals surface area (Å²) in [6.07, 6.45) is -4.43. The molecule has 2 atom stereocenters. The Kier molecular flexibility index (Phi) is 7.42. The van der Waals surface area contributed by atoms with Crippen molar-refractivity contribution in [3.05, 3.63) is 71.8 Å². The molecule has 7 nitrogen and oxygen atoms in total. The number of likely N-dealkylation sites (tertiary alicyclic amines) is 1. The molecule has 186 valence electrons. The second-order valence-electron chi connectivity index (χ2n) is 8.59. The maximum Gasteiger partial charge on any atom is 0.416 e. The maximum absolute atomic E-state index is 13.3. The van der Waals surface area contributed by atoms with Crippen LogP contribution in [0.15, 0.2) is 60.7 Å². The van der Waals surface area contributed by atoms with Crippen LogP contribution in [0.1, 0.15) is 17.0 Å². The fourth-order valence-electron chi connectivity index (χ4n) is 4.37. The van der Waals surface area contributed by atoms with Gasteiger partial charge in [0.15, 0.2) is 0 Å². The van der Waals surface area contributed by atoms with Crippen LogP contribution in [0.4, 0.5) is 23.8 Å². The number of nitrogens with zero attached hydrogens (tertiary/aromatic N) is 3. The lowest BCUT2D eigenvalue weighted by atomic mass is 9.93. The molecule has 0 saturated carbocycles. The van der Waals surface area contributed by atoms with Crippen molar-refractivity contribution in [2.45, 2.75) is 18.1 Å². The van der Waals surface area contributed by atoms with Gasteiger partial charge in [-0.25, -0.2) is 4.79 Å². The van der Waals surface area contributed by atoms with Gasteiger partial charge in [0.2, 0.25) is 0 Å². The molecule has 2 amide bonds. The number of nitrogens with one attached hydrogen (secondary N) is 2. The second-order valence-corrected chi connectivity index (χ2v) is 8.59. The van der Waals surface area contributed by atoms with Crippen molar-refractivity contribution < 1.29 is 22.7 Å². The quantitative estimate of drug-likeness (QED) is 0.520. The molecule has 0 spiro atoms. The molecule has 2 N–H and O–H groups in total. The largest absolute Gasteiger partial charge is 0.416 e. The van der Waals surface area contributed by atoms with E-state index in [-0.39, 0.29) is 12.0 Å². The van der Waals surface area contributed by atoms with E-state index in [1.54, 1.807) is 31.0 Å². The lowest BCUT2D eigenvalue weighted by molar-refractivity contribution is -0.137. The molecule has 0 unspecified atom stereocenters. The smallest absolute Gasteiger partial charge is 0.383 e. The highest BCUT2D eigenvalue weighted by atomic mass is 19.4. The highest BCUT2D eigenvalue weighted by Crippen LogP contribution is 2.34. The van der Waals surface area contributed by atoms with E-state index in [2.05, 4.69) is 20.6 Å². The number of hydrogen-bond acceptors (Lipinski definition) is 4. The lowest BCUT2D eigenvalue weighted by Gasteiger charge is -2.21. The van der Waals surface area contributed by atoms with Crippen LogP contribution in [0, 0.1) is 0 Å². The number of halogens is 3. The molecular weight excluding hydrogens is 459 g/mol. The van der Waals surface area contributed by atoms with Crippen molar-refractivity contribution >= 4 is 11.8 Å². The molecule has 2 aromatic carbocycles. The predicted octanol–water partition coefficient (Wildman–Crippen LogP) is 4.34. The standard InChI is InChI=1S/C25H28F3N5O2/c1-32-23(14-21(31-32)17-7-4-3-5-8-17)30-24(34)29-22-16-33(11-12-35-2)15-20(22)18-9-6-10-19(13-18)25(26,27)28/h3-10,13-14,20,22H,11-12,15-16H2,1-2H3,(H2,29,30,34)/t20-,22+/m0/s1. The first-order valence-corrected chi connectivity index (χ1v) is 11.3. The molecule has 1 aliphatic heterocycles. The third-order valence-corrected chi connectivity index (χ3v) is 6.16. The van der Waals surface area contributed by atoms with Gasteiger partial charge in [-0.15, -0.1) is 0 Å². The zero-order valence-electron chi connectivity index (χ0n) is 19.5. The molecule has 1 aromatic heterocycles. The van der Waals surface area contributed by atoms with Gasteiger partial charge in [0.05, 0.1) is 23.9 Å². The zero-order valence-corrected chi connectivity index (χ0v) is 19.5. The van der Waals surface area contributed by atoms with E-state index in [1.165, 1.54) is 12.1 Å². The number of amides is 2. The Morgan fingerprint density at radius 1 is 1.11 bits per heavy atom. The SMILES string of the molecule is COCCN1C[C@@H](NC(=O)Nc2cc(-c3ccccc3)nn2C)[C@H](c2cccc(C(F)(F)F)c2)C1. The van der Waals surface area contributed by atoms with E-state index in [1.807, 2.05) is 30.3 Å². The summed E-state index contributed by atoms with van der Waals surface area (Å²) in [7, 11) is 3.33. The predicted molar refractivity (Wildman–Crippen MR) is 127 cm³/mol. The molecule has 1 aliphatic rings. The Morgan fingerprint density at radius 3 is 2.60 bits per heavy atom. The van der Waals surface area contributed by atoms with Crippen LogP contribution in [0.2, 0.25) is 0 Å². The molecule has 0 aliphatic carbocycles. The van der Waals surface area contributed by atoms with E-state index in [0.29, 0.717) is 37.6 Å². The Labute approximate surface area is 201 Å². The lowest BCUT2D eigenvalue weighted by Crippen LogP contribution is -2.42. The van der Waals surface area contributed by atoms with Gasteiger partial charge in [-0.1, -0.05) is 48.5 Å². The van der Waals surface area contributed by atoms with Gasteiger partial charge in [0.25, 0.3) is 0 Å². The van der Waals surface area contributed by atoms with Gasteiger partial charge in [-0.2, -0.15) is 18.3 Å². The number of carbonyl (C=O) groups is 1. The van der Waals surface area contributed by atoms with E-state index in [4.69, 9.17) is 4.74 Å². The highest BCUT2D eigenvalue weighted by Gasteiger charge is 2.37. The van der Waals surface area contributed by atoms with Gasteiger partial charge in [0, 0.05) is 51.3 Å². The summed E-state index contributed by atoms with van der Waals surface area (Å²) in [4.78, 5) is 15.0. The maximum atomic E-state index is 13.3. The van der Waals surface area contributed by atoms with Crippen LogP contribution >= 0.6 is 0 Å². The molecule has 1 saturated heterocycles. The molecular formula is C25H28F3N5O2. The third kappa shape index (κ3) is 6.01. The highest BCUT2D eigenvalue weighted by molar-refractivity contribution is 5.89. The van der Waals surface area contributed by atoms with Crippen LogP contribution in [-0.4, -0.2) is 60.1 Å². The third-order valence-electron chi connectivity index (χ3n) is 6.16. The summed E-state index contributed by atoms with van der Waals surface area (Å²) in [5.41, 5.74) is 1.48. The molecule has 0 radical (unpaired) electrons. The number of anilines is 1. The van der Waals surface area contributed by atoms with Crippen LogP contribution in [0.25, 0.3) is 11.3 Å². The number of alkyl halides is 3. The Morgan fingerprint density at radius 2 is 1.89 bits per heavy atom. The number of urea groups is 1. The number of aromatic nitrogens is 2. The Bertz CT molecular complexity index is 1150. The van der Waals surface area contributed by atoms with E-state index in [0.717, 1.165) is 17.3 Å². The molecule has 35 heavy (non-hydrogen) atoms. The zero-order chi connectivity index (χ0) is 25.0. The van der Waals surface area contributed by atoms with Crippen LogP contribution < -0.4 is 10.6 Å². The first-order valence-electron chi connectivity index (χ1n) is 11.3. The van der Waals surface area contributed by atoms with Gasteiger partial charge in [-0.3, -0.25) is 14.9 Å². The second kappa shape index (κ2) is 10.5. The van der Waals surface area contributed by atoms with Crippen LogP contribution in [0.3, 0.4) is 0 Å². The number of benzene rings is 2. The molecule has 2 heterocycles. The number of rotatable bonds is 7. The molecule has 1 fully saturated rings. The van der Waals surface area contributed by atoms with Crippen molar-refractivity contribution in [2.75, 3.05) is 38.7 Å². The average Bonchev–Trinajstić information content (AvgIpc) is 3.41. The number of ether oxygens (including phenoxy) is 1. The van der Waals surface area contributed by atoms with Crippen molar-refractivity contribution in [3.63, 3.8) is 0 Å². The van der Waals surface area contributed by atoms with Crippen molar-refractivity contribution in [1.29, 1.82) is 0 Å². The summed E-state index contributed by atoms with van der Waals surface area (Å²) in [5, 5.41) is 10.2. The Hall–Kier alpha value is -3.37. The van der Waals surface area contributed by atoms with Crippen molar-refractivity contribution in [2.24, 2.45) is 7.05 Å². The first kappa shape index (κ1) is 24.7. The van der Waals surface area contributed by atoms with E-state index >= 15 is 0 Å². The van der Waals surface area contributed by atoms with Crippen molar-refractivity contribution in [3.8, 4) is 11.3 Å². The fourth-order valence-corrected chi connectivity index (χ4v) is 4.37. The molecule has 0 bridgehead atoms. The number of hydrogen-bond donors (Lipinski definition) is 2. The minimum Gasteiger partial charge on any atom is -0.383 e. The number of methoxy groups -OCH3 is 1. The fraction of sp³-hybridized carbons (Fsp3) is 0.360. The molecule has 3 aromatic rings. The van der Waals surface area contributed by atoms with E-state index in [9.17, 15) is 18.0 Å². The van der Waals surface area contributed by atoms with Gasteiger partial charge in [-0.05, 0) is 11.6 Å². The van der Waals surface area contributed by atoms with Gasteiger partial charge < -0.3 is 10.1 Å². The summed E-state index contributed by atoms with van der Waals surface area (Å²) in [5.74, 6) is 0.206. The minimum absolute atomic E-state index is 0.300. The van der Waals surface area contributed by atoms with Crippen LogP contribution in [0.5, 0.6) is 0 Å². The summed E-state index contributed by atoms with van der Waals surface area (Å²) < 4.78 is 46.6. The van der Waals surface area contributed by atoms with Gasteiger partial charge >= 0.3 is 12.2 Å². The van der Waals surface area contributed by atoms with E-state index < -0.39 is 17.8 Å². The summed E-state index contributed by atoms with van der Waals surface area (Å²) in [6.45, 7) is 2.12. The molecule has 10 heteroatoms. The van der Waals surface area contributed by atoms with Gasteiger partial charge in [0.1, 0.15) is 5.82 Å². The molecule has 4 rings (SSSR count). The average molecular weight is 488 g/mol. The summed E-state index contributed by atoms with van der Waals surface area (Å²) in [6, 6.07) is 15.9. The van der Waals surface area contributed by atoms with Crippen molar-refractivity contribution in [1.82, 2.24) is 20.0 Å². The summed E-state index contributed by atoms with van der Waals surface area (Å²) >= 11 is 0. The monoisotopic (exact) mass is 487 g/mol. The van der Waals surface area contributed by atoms with Crippen LogP contribution in [-0.2, 0) is 18.0 Å². The first-order chi connectivity index (χ1) is 16.7. The minimum atomic E-state index is -4.43.